The van der Waals surface area contributed by atoms with Crippen molar-refractivity contribution in [2.75, 3.05) is 32.9 Å². The molecule has 1 saturated carbocycles. The number of morpholine rings is 1. The van der Waals surface area contributed by atoms with Crippen LogP contribution in [-0.4, -0.2) is 55.9 Å². The predicted octanol–water partition coefficient (Wildman–Crippen LogP) is 2.97. The van der Waals surface area contributed by atoms with E-state index in [1.807, 2.05) is 24.0 Å². The van der Waals surface area contributed by atoms with Crippen LogP contribution in [0.5, 0.6) is 5.75 Å². The molecule has 1 N–H and O–H groups in total. The van der Waals surface area contributed by atoms with Crippen LogP contribution in [0.15, 0.2) is 18.2 Å². The van der Waals surface area contributed by atoms with E-state index in [0.717, 1.165) is 42.7 Å². The zero-order chi connectivity index (χ0) is 19.2. The van der Waals surface area contributed by atoms with Crippen molar-refractivity contribution in [1.82, 2.24) is 10.2 Å². The molecule has 7 heteroatoms. The molecule has 1 heterocycles. The normalized spacial score (nSPS) is 20.9. The molecule has 0 radical (unpaired) electrons. The lowest BCUT2D eigenvalue weighted by atomic mass is 10.0. The van der Waals surface area contributed by atoms with Gasteiger partial charge in [0.2, 0.25) is 0 Å². The highest BCUT2D eigenvalue weighted by Crippen LogP contribution is 2.36. The van der Waals surface area contributed by atoms with Crippen molar-refractivity contribution in [2.24, 2.45) is 0 Å². The van der Waals surface area contributed by atoms with Gasteiger partial charge in [0.05, 0.1) is 37.7 Å². The molecule has 2 aliphatic rings. The topological polar surface area (TPSA) is 60.0 Å². The SMILES string of the molecule is Cc1ccc([C@H](C)N(C(=O)[C@H]2CNCCO2)C2CC2)cc1OCCCOCl. The zero-order valence-electron chi connectivity index (χ0n) is 16.1. The minimum atomic E-state index is -0.390. The Balaban J connectivity index is 1.71. The summed E-state index contributed by atoms with van der Waals surface area (Å²) in [4.78, 5) is 15.1. The van der Waals surface area contributed by atoms with E-state index < -0.39 is 6.10 Å². The molecular weight excluding hydrogens is 368 g/mol. The number of hydrogen-bond donors (Lipinski definition) is 1. The molecule has 27 heavy (non-hydrogen) atoms. The van der Waals surface area contributed by atoms with E-state index in [1.165, 1.54) is 0 Å². The maximum absolute atomic E-state index is 13.1. The first kappa shape index (κ1) is 20.4. The summed E-state index contributed by atoms with van der Waals surface area (Å²) in [5.74, 6) is 0.923. The molecule has 1 saturated heterocycles. The van der Waals surface area contributed by atoms with Gasteiger partial charge in [-0.15, -0.1) is 0 Å². The maximum Gasteiger partial charge on any atom is 0.253 e. The lowest BCUT2D eigenvalue weighted by Crippen LogP contribution is -2.50. The van der Waals surface area contributed by atoms with Crippen LogP contribution in [0.3, 0.4) is 0 Å². The number of carbonyl (C=O) groups is 1. The summed E-state index contributed by atoms with van der Waals surface area (Å²) in [6.07, 6.45) is 2.45. The fourth-order valence-electron chi connectivity index (χ4n) is 3.42. The van der Waals surface area contributed by atoms with Gasteiger partial charge in [0, 0.05) is 25.6 Å². The van der Waals surface area contributed by atoms with Gasteiger partial charge < -0.3 is 19.7 Å². The first-order valence-corrected chi connectivity index (χ1v) is 10.0. The molecular formula is C20H29ClN2O4. The van der Waals surface area contributed by atoms with Crippen molar-refractivity contribution in [3.05, 3.63) is 29.3 Å². The highest BCUT2D eigenvalue weighted by atomic mass is 35.5. The van der Waals surface area contributed by atoms with Crippen LogP contribution in [0, 0.1) is 6.92 Å². The Hall–Kier alpha value is -1.34. The minimum Gasteiger partial charge on any atom is -0.493 e. The number of nitrogens with zero attached hydrogens (tertiary/aromatic N) is 1. The summed E-state index contributed by atoms with van der Waals surface area (Å²) >= 11 is 5.24. The molecule has 0 spiro atoms. The summed E-state index contributed by atoms with van der Waals surface area (Å²) in [6, 6.07) is 6.46. The Labute approximate surface area is 166 Å². The third kappa shape index (κ3) is 5.35. The van der Waals surface area contributed by atoms with Crippen LogP contribution >= 0.6 is 11.9 Å². The van der Waals surface area contributed by atoms with Crippen LogP contribution in [-0.2, 0) is 13.8 Å². The lowest BCUT2D eigenvalue weighted by Gasteiger charge is -2.34. The van der Waals surface area contributed by atoms with Gasteiger partial charge in [0.1, 0.15) is 11.9 Å². The number of amides is 1. The fourth-order valence-corrected chi connectivity index (χ4v) is 3.53. The van der Waals surface area contributed by atoms with E-state index in [4.69, 9.17) is 21.3 Å². The molecule has 2 atom stereocenters. The number of hydrogen-bond acceptors (Lipinski definition) is 5. The maximum atomic E-state index is 13.1. The quantitative estimate of drug-likeness (QED) is 0.650. The molecule has 6 nitrogen and oxygen atoms in total. The van der Waals surface area contributed by atoms with E-state index in [2.05, 4.69) is 22.6 Å². The summed E-state index contributed by atoms with van der Waals surface area (Å²) < 4.78 is 16.1. The molecule has 1 aliphatic carbocycles. The number of ether oxygens (including phenoxy) is 2. The third-order valence-electron chi connectivity index (χ3n) is 5.13. The van der Waals surface area contributed by atoms with E-state index in [0.29, 0.717) is 32.4 Å². The van der Waals surface area contributed by atoms with Crippen molar-refractivity contribution in [1.29, 1.82) is 0 Å². The number of carbonyl (C=O) groups excluding carboxylic acids is 1. The number of aryl methyl sites for hydroxylation is 1. The predicted molar refractivity (Wildman–Crippen MR) is 104 cm³/mol. The molecule has 3 rings (SSSR count). The number of nitrogens with one attached hydrogen (secondary N) is 1. The first-order valence-electron chi connectivity index (χ1n) is 9.73. The summed E-state index contributed by atoms with van der Waals surface area (Å²) in [5.41, 5.74) is 2.15. The van der Waals surface area contributed by atoms with Gasteiger partial charge in [-0.25, -0.2) is 0 Å². The third-order valence-corrected chi connectivity index (χ3v) is 5.29. The van der Waals surface area contributed by atoms with Crippen molar-refractivity contribution >= 4 is 17.8 Å². The lowest BCUT2D eigenvalue weighted by molar-refractivity contribution is -0.148. The summed E-state index contributed by atoms with van der Waals surface area (Å²) in [7, 11) is 0. The Morgan fingerprint density at radius 2 is 2.22 bits per heavy atom. The highest BCUT2D eigenvalue weighted by molar-refractivity contribution is 6.07. The monoisotopic (exact) mass is 396 g/mol. The first-order chi connectivity index (χ1) is 13.1. The Morgan fingerprint density at radius 3 is 2.89 bits per heavy atom. The van der Waals surface area contributed by atoms with Crippen LogP contribution in [0.1, 0.15) is 43.4 Å². The molecule has 0 aromatic heterocycles. The van der Waals surface area contributed by atoms with Crippen LogP contribution in [0.4, 0.5) is 0 Å². The molecule has 1 aliphatic heterocycles. The van der Waals surface area contributed by atoms with Crippen molar-refractivity contribution in [3.63, 3.8) is 0 Å². The van der Waals surface area contributed by atoms with E-state index in [-0.39, 0.29) is 11.9 Å². The van der Waals surface area contributed by atoms with Gasteiger partial charge in [0.15, 0.2) is 0 Å². The van der Waals surface area contributed by atoms with Gasteiger partial charge in [0.25, 0.3) is 5.91 Å². The van der Waals surface area contributed by atoms with Gasteiger partial charge in [-0.1, -0.05) is 12.1 Å². The van der Waals surface area contributed by atoms with E-state index in [1.54, 1.807) is 0 Å². The second kappa shape index (κ2) is 9.73. The molecule has 0 bridgehead atoms. The largest absolute Gasteiger partial charge is 0.493 e. The van der Waals surface area contributed by atoms with Gasteiger partial charge in [-0.05, 0) is 43.9 Å². The number of rotatable bonds is 9. The van der Waals surface area contributed by atoms with Gasteiger partial charge in [-0.3, -0.25) is 9.08 Å². The molecule has 150 valence electrons. The average Bonchev–Trinajstić information content (AvgIpc) is 3.52. The van der Waals surface area contributed by atoms with E-state index >= 15 is 0 Å². The van der Waals surface area contributed by atoms with Crippen LogP contribution in [0.2, 0.25) is 0 Å². The van der Waals surface area contributed by atoms with Crippen LogP contribution in [0.25, 0.3) is 0 Å². The van der Waals surface area contributed by atoms with Crippen molar-refractivity contribution in [3.8, 4) is 5.75 Å². The summed E-state index contributed by atoms with van der Waals surface area (Å²) in [6.45, 7) is 7.07. The molecule has 2 fully saturated rings. The Kier molecular flexibility index (Phi) is 7.35. The van der Waals surface area contributed by atoms with Gasteiger partial charge >= 0.3 is 0 Å². The van der Waals surface area contributed by atoms with Crippen molar-refractivity contribution in [2.45, 2.75) is 51.3 Å². The average molecular weight is 397 g/mol. The van der Waals surface area contributed by atoms with Crippen molar-refractivity contribution < 1.29 is 18.6 Å². The standard InChI is InChI=1S/C20H29ClN2O4/c1-14-4-5-16(12-18(14)25-9-3-10-27-21)15(2)23(17-6-7-17)20(24)19-13-22-8-11-26-19/h4-5,12,15,17,19,22H,3,6-11,13H2,1-2H3/t15-,19+/m0/s1. The van der Waals surface area contributed by atoms with Gasteiger partial charge in [-0.2, -0.15) is 0 Å². The Bertz CT molecular complexity index is 632. The molecule has 0 unspecified atom stereocenters. The minimum absolute atomic E-state index is 0.0235. The smallest absolute Gasteiger partial charge is 0.253 e. The highest BCUT2D eigenvalue weighted by Gasteiger charge is 2.40. The number of benzene rings is 1. The summed E-state index contributed by atoms with van der Waals surface area (Å²) in [5, 5.41) is 3.25. The molecule has 1 amide bonds. The number of halogens is 1. The Morgan fingerprint density at radius 1 is 1.41 bits per heavy atom. The second-order valence-corrected chi connectivity index (χ2v) is 7.47. The second-order valence-electron chi connectivity index (χ2n) is 7.26. The molecule has 1 aromatic rings. The van der Waals surface area contributed by atoms with E-state index in [9.17, 15) is 4.79 Å². The molecule has 1 aromatic carbocycles. The van der Waals surface area contributed by atoms with Crippen LogP contribution < -0.4 is 10.1 Å². The fraction of sp³-hybridized carbons (Fsp3) is 0.650. The zero-order valence-corrected chi connectivity index (χ0v) is 16.8.